The second kappa shape index (κ2) is 5.16. The zero-order chi connectivity index (χ0) is 15.9. The van der Waals surface area contributed by atoms with E-state index in [1.54, 1.807) is 0 Å². The molecule has 5 heteroatoms. The van der Waals surface area contributed by atoms with Gasteiger partial charge < -0.3 is 14.5 Å². The topological polar surface area (TPSA) is 68.4 Å². The fraction of sp³-hybridized carbons (Fsp3) is 0.412. The summed E-state index contributed by atoms with van der Waals surface area (Å²) >= 11 is 0. The molecule has 0 aliphatic heterocycles. The highest BCUT2D eigenvalue weighted by atomic mass is 16.5. The fourth-order valence-electron chi connectivity index (χ4n) is 3.71. The number of nitrogens with one attached hydrogen (secondary N) is 1. The van der Waals surface area contributed by atoms with Crippen LogP contribution in [-0.4, -0.2) is 31.1 Å². The largest absolute Gasteiger partial charge is 0.468 e. The minimum absolute atomic E-state index is 0.0538. The first-order chi connectivity index (χ1) is 10.5. The number of carbonyl (C=O) groups is 2. The van der Waals surface area contributed by atoms with Crippen molar-refractivity contribution >= 4 is 22.8 Å². The summed E-state index contributed by atoms with van der Waals surface area (Å²) in [6.07, 6.45) is 0.669. The number of hydrogen-bond acceptors (Lipinski definition) is 4. The lowest BCUT2D eigenvalue weighted by atomic mass is 9.69. The van der Waals surface area contributed by atoms with Crippen molar-refractivity contribution in [2.45, 2.75) is 25.7 Å². The number of ether oxygens (including phenoxy) is 2. The van der Waals surface area contributed by atoms with Crippen LogP contribution < -0.4 is 0 Å². The van der Waals surface area contributed by atoms with Crippen molar-refractivity contribution < 1.29 is 19.1 Å². The van der Waals surface area contributed by atoms with E-state index in [1.165, 1.54) is 19.8 Å². The van der Waals surface area contributed by atoms with Gasteiger partial charge in [-0.2, -0.15) is 0 Å². The first kappa shape index (κ1) is 14.6. The summed E-state index contributed by atoms with van der Waals surface area (Å²) < 4.78 is 9.80. The fourth-order valence-corrected chi connectivity index (χ4v) is 3.71. The highest BCUT2D eigenvalue weighted by Gasteiger charge is 2.53. The Morgan fingerprint density at radius 3 is 2.45 bits per heavy atom. The smallest absolute Gasteiger partial charge is 0.323 e. The van der Waals surface area contributed by atoms with Crippen LogP contribution in [0.25, 0.3) is 10.9 Å². The molecule has 1 unspecified atom stereocenters. The third kappa shape index (κ3) is 1.92. The van der Waals surface area contributed by atoms with Gasteiger partial charge in [0.1, 0.15) is 0 Å². The van der Waals surface area contributed by atoms with Gasteiger partial charge in [-0.3, -0.25) is 9.59 Å². The Balaban J connectivity index is 2.16. The SMILES string of the molecule is COC(=O)C1(C(=O)OC)Cc2[nH]c3ccccc3c2C(C)C1. The highest BCUT2D eigenvalue weighted by molar-refractivity contribution is 6.01. The Bertz CT molecular complexity index is 730. The molecule has 0 spiro atoms. The van der Waals surface area contributed by atoms with Gasteiger partial charge in [0.25, 0.3) is 0 Å². The summed E-state index contributed by atoms with van der Waals surface area (Å²) in [6.45, 7) is 2.03. The van der Waals surface area contributed by atoms with E-state index in [-0.39, 0.29) is 12.3 Å². The molecule has 0 amide bonds. The summed E-state index contributed by atoms with van der Waals surface area (Å²) in [5, 5.41) is 1.15. The normalized spacial score (nSPS) is 19.5. The van der Waals surface area contributed by atoms with Crippen molar-refractivity contribution in [1.29, 1.82) is 0 Å². The molecule has 1 aliphatic carbocycles. The van der Waals surface area contributed by atoms with Crippen molar-refractivity contribution in [3.05, 3.63) is 35.5 Å². The van der Waals surface area contributed by atoms with Gasteiger partial charge in [0, 0.05) is 23.0 Å². The number of rotatable bonds is 2. The van der Waals surface area contributed by atoms with Crippen LogP contribution >= 0.6 is 0 Å². The van der Waals surface area contributed by atoms with Gasteiger partial charge in [-0.15, -0.1) is 0 Å². The number of fused-ring (bicyclic) bond motifs is 3. The van der Waals surface area contributed by atoms with Crippen LogP contribution in [-0.2, 0) is 25.5 Å². The van der Waals surface area contributed by atoms with Crippen LogP contribution in [0.1, 0.15) is 30.5 Å². The summed E-state index contributed by atoms with van der Waals surface area (Å²) in [7, 11) is 2.61. The first-order valence-corrected chi connectivity index (χ1v) is 7.30. The molecule has 5 nitrogen and oxygen atoms in total. The first-order valence-electron chi connectivity index (χ1n) is 7.30. The number of esters is 2. The summed E-state index contributed by atoms with van der Waals surface area (Å²) in [6, 6.07) is 8.01. The number of hydrogen-bond donors (Lipinski definition) is 1. The Morgan fingerprint density at radius 1 is 1.18 bits per heavy atom. The zero-order valence-corrected chi connectivity index (χ0v) is 12.9. The lowest BCUT2D eigenvalue weighted by Crippen LogP contribution is -2.46. The Morgan fingerprint density at radius 2 is 1.82 bits per heavy atom. The van der Waals surface area contributed by atoms with E-state index in [4.69, 9.17) is 9.47 Å². The lowest BCUT2D eigenvalue weighted by Gasteiger charge is -2.35. The number of H-pyrrole nitrogens is 1. The van der Waals surface area contributed by atoms with Gasteiger partial charge >= 0.3 is 11.9 Å². The second-order valence-corrected chi connectivity index (χ2v) is 5.91. The molecule has 1 heterocycles. The number of aromatic amines is 1. The van der Waals surface area contributed by atoms with Gasteiger partial charge in [-0.05, 0) is 24.0 Å². The average Bonchev–Trinajstić information content (AvgIpc) is 2.91. The van der Waals surface area contributed by atoms with E-state index in [1.807, 2.05) is 25.1 Å². The molecule has 1 aliphatic rings. The molecule has 1 atom stereocenters. The van der Waals surface area contributed by atoms with Gasteiger partial charge in [0.05, 0.1) is 14.2 Å². The van der Waals surface area contributed by atoms with Gasteiger partial charge in [-0.1, -0.05) is 25.1 Å². The molecule has 1 aromatic carbocycles. The maximum atomic E-state index is 12.3. The second-order valence-electron chi connectivity index (χ2n) is 5.91. The predicted molar refractivity (Wildman–Crippen MR) is 81.5 cm³/mol. The summed E-state index contributed by atoms with van der Waals surface area (Å²) in [4.78, 5) is 28.0. The molecule has 2 aromatic rings. The quantitative estimate of drug-likeness (QED) is 0.683. The van der Waals surface area contributed by atoms with Crippen molar-refractivity contribution in [3.8, 4) is 0 Å². The molecule has 0 radical (unpaired) electrons. The molecule has 22 heavy (non-hydrogen) atoms. The molecule has 3 rings (SSSR count). The standard InChI is InChI=1S/C17H19NO4/c1-10-8-17(15(19)21-2,16(20)22-3)9-13-14(10)11-6-4-5-7-12(11)18-13/h4-7,10,18H,8-9H2,1-3H3. The molecule has 0 saturated heterocycles. The number of aromatic nitrogens is 1. The maximum absolute atomic E-state index is 12.3. The molecule has 116 valence electrons. The van der Waals surface area contributed by atoms with E-state index >= 15 is 0 Å². The minimum atomic E-state index is -1.27. The number of para-hydroxylation sites is 1. The van der Waals surface area contributed by atoms with Crippen LogP contribution in [0.5, 0.6) is 0 Å². The third-order valence-corrected chi connectivity index (χ3v) is 4.61. The van der Waals surface area contributed by atoms with Gasteiger partial charge in [-0.25, -0.2) is 0 Å². The van der Waals surface area contributed by atoms with E-state index in [2.05, 4.69) is 11.1 Å². The monoisotopic (exact) mass is 301 g/mol. The molecule has 0 bridgehead atoms. The Hall–Kier alpha value is -2.30. The number of benzene rings is 1. The number of methoxy groups -OCH3 is 2. The molecule has 0 saturated carbocycles. The molecule has 1 N–H and O–H groups in total. The van der Waals surface area contributed by atoms with Crippen molar-refractivity contribution in [2.24, 2.45) is 5.41 Å². The summed E-state index contributed by atoms with van der Waals surface area (Å²) in [5.74, 6) is -1.01. The van der Waals surface area contributed by atoms with E-state index < -0.39 is 17.4 Å². The lowest BCUT2D eigenvalue weighted by molar-refractivity contribution is -0.170. The van der Waals surface area contributed by atoms with E-state index in [0.717, 1.165) is 16.6 Å². The van der Waals surface area contributed by atoms with Crippen molar-refractivity contribution in [2.75, 3.05) is 14.2 Å². The number of carbonyl (C=O) groups excluding carboxylic acids is 2. The van der Waals surface area contributed by atoms with Gasteiger partial charge in [0.2, 0.25) is 0 Å². The van der Waals surface area contributed by atoms with E-state index in [0.29, 0.717) is 6.42 Å². The average molecular weight is 301 g/mol. The molecular formula is C17H19NO4. The summed E-state index contributed by atoms with van der Waals surface area (Å²) in [5.41, 5.74) is 1.84. The molecule has 0 fully saturated rings. The van der Waals surface area contributed by atoms with Gasteiger partial charge in [0.15, 0.2) is 5.41 Å². The highest BCUT2D eigenvalue weighted by Crippen LogP contribution is 2.46. The minimum Gasteiger partial charge on any atom is -0.468 e. The van der Waals surface area contributed by atoms with Crippen LogP contribution in [0.3, 0.4) is 0 Å². The Labute approximate surface area is 128 Å². The van der Waals surface area contributed by atoms with Crippen LogP contribution in [0, 0.1) is 5.41 Å². The van der Waals surface area contributed by atoms with Crippen LogP contribution in [0.15, 0.2) is 24.3 Å². The van der Waals surface area contributed by atoms with E-state index in [9.17, 15) is 9.59 Å². The van der Waals surface area contributed by atoms with Crippen molar-refractivity contribution in [3.63, 3.8) is 0 Å². The molecule has 1 aromatic heterocycles. The zero-order valence-electron chi connectivity index (χ0n) is 12.9. The molecular weight excluding hydrogens is 282 g/mol. The Kier molecular flexibility index (Phi) is 3.43. The third-order valence-electron chi connectivity index (χ3n) is 4.61. The van der Waals surface area contributed by atoms with Crippen LogP contribution in [0.4, 0.5) is 0 Å². The van der Waals surface area contributed by atoms with Crippen LogP contribution in [0.2, 0.25) is 0 Å². The maximum Gasteiger partial charge on any atom is 0.323 e. The predicted octanol–water partition coefficient (Wildman–Crippen LogP) is 2.55. The van der Waals surface area contributed by atoms with Crippen molar-refractivity contribution in [1.82, 2.24) is 4.98 Å².